The van der Waals surface area contributed by atoms with Gasteiger partial charge in [0.05, 0.1) is 23.0 Å². The lowest BCUT2D eigenvalue weighted by atomic mass is 10.2. The molecule has 0 fully saturated rings. The lowest BCUT2D eigenvalue weighted by molar-refractivity contribution is -0.121. The van der Waals surface area contributed by atoms with Gasteiger partial charge in [-0.3, -0.25) is 14.5 Å². The largest absolute Gasteiger partial charge is 0.358 e. The predicted molar refractivity (Wildman–Crippen MR) is 74.9 cm³/mol. The molecule has 0 saturated heterocycles. The van der Waals surface area contributed by atoms with Crippen molar-refractivity contribution in [2.45, 2.75) is 6.92 Å². The molecular formula is C11H14Cl2N2O2S. The third-order valence-electron chi connectivity index (χ3n) is 2.42. The van der Waals surface area contributed by atoms with Crippen molar-refractivity contribution in [2.24, 2.45) is 0 Å². The van der Waals surface area contributed by atoms with E-state index in [1.165, 1.54) is 0 Å². The van der Waals surface area contributed by atoms with Gasteiger partial charge in [0.25, 0.3) is 0 Å². The molecule has 0 aliphatic rings. The smallest absolute Gasteiger partial charge is 0.233 e. The van der Waals surface area contributed by atoms with Gasteiger partial charge in [-0.05, 0) is 12.6 Å². The minimum atomic E-state index is -0.131. The van der Waals surface area contributed by atoms with Crippen molar-refractivity contribution < 1.29 is 9.59 Å². The van der Waals surface area contributed by atoms with Crippen molar-refractivity contribution in [3.63, 3.8) is 0 Å². The molecule has 7 heteroatoms. The fraction of sp³-hybridized carbons (Fsp3) is 0.455. The summed E-state index contributed by atoms with van der Waals surface area (Å²) in [5.41, 5.74) is 0.419. The molecule has 18 heavy (non-hydrogen) atoms. The number of Topliss-reactive ketones (excluding diaryl/α,β-unsaturated/α-hetero) is 1. The zero-order valence-electron chi connectivity index (χ0n) is 10.1. The van der Waals surface area contributed by atoms with Gasteiger partial charge in [0, 0.05) is 7.05 Å². The average molecular weight is 309 g/mol. The van der Waals surface area contributed by atoms with Crippen LogP contribution in [0.2, 0.25) is 8.67 Å². The molecule has 1 rings (SSSR count). The van der Waals surface area contributed by atoms with E-state index in [0.717, 1.165) is 11.3 Å². The SMILES string of the molecule is CCN(CC(=O)NC)CC(=O)c1cc(Cl)sc1Cl. The molecule has 0 aliphatic heterocycles. The first kappa shape index (κ1) is 15.4. The summed E-state index contributed by atoms with van der Waals surface area (Å²) >= 11 is 12.9. The minimum absolute atomic E-state index is 0.126. The summed E-state index contributed by atoms with van der Waals surface area (Å²) in [5.74, 6) is -0.256. The molecule has 0 radical (unpaired) electrons. The van der Waals surface area contributed by atoms with E-state index in [9.17, 15) is 9.59 Å². The number of hydrogen-bond acceptors (Lipinski definition) is 4. The van der Waals surface area contributed by atoms with E-state index in [-0.39, 0.29) is 24.8 Å². The molecule has 0 saturated carbocycles. The highest BCUT2D eigenvalue weighted by atomic mass is 35.5. The maximum absolute atomic E-state index is 12.0. The van der Waals surface area contributed by atoms with E-state index in [1.54, 1.807) is 18.0 Å². The Labute approximate surface area is 120 Å². The molecule has 0 spiro atoms. The summed E-state index contributed by atoms with van der Waals surface area (Å²) in [6.45, 7) is 2.83. The van der Waals surface area contributed by atoms with Gasteiger partial charge in [-0.25, -0.2) is 0 Å². The summed E-state index contributed by atoms with van der Waals surface area (Å²) < 4.78 is 0.874. The number of carbonyl (C=O) groups is 2. The van der Waals surface area contributed by atoms with E-state index < -0.39 is 0 Å². The number of ketones is 1. The van der Waals surface area contributed by atoms with Crippen molar-refractivity contribution in [3.05, 3.63) is 20.3 Å². The Morgan fingerprint density at radius 3 is 2.50 bits per heavy atom. The van der Waals surface area contributed by atoms with Crippen molar-refractivity contribution in [2.75, 3.05) is 26.7 Å². The first-order valence-corrected chi connectivity index (χ1v) is 6.96. The maximum Gasteiger partial charge on any atom is 0.233 e. The zero-order valence-corrected chi connectivity index (χ0v) is 12.5. The number of carbonyl (C=O) groups excluding carboxylic acids is 2. The van der Waals surface area contributed by atoms with Crippen molar-refractivity contribution >= 4 is 46.2 Å². The highest BCUT2D eigenvalue weighted by Gasteiger charge is 2.18. The average Bonchev–Trinajstić information content (AvgIpc) is 2.67. The molecule has 1 heterocycles. The number of halogens is 2. The first-order chi connectivity index (χ1) is 8.47. The first-order valence-electron chi connectivity index (χ1n) is 5.38. The molecule has 0 aromatic carbocycles. The van der Waals surface area contributed by atoms with Crippen LogP contribution in [-0.2, 0) is 4.79 Å². The molecule has 4 nitrogen and oxygen atoms in total. The fourth-order valence-corrected chi connectivity index (χ4v) is 2.88. The van der Waals surface area contributed by atoms with Crippen LogP contribution in [0, 0.1) is 0 Å². The second-order valence-electron chi connectivity index (χ2n) is 3.64. The van der Waals surface area contributed by atoms with Crippen LogP contribution in [0.5, 0.6) is 0 Å². The second kappa shape index (κ2) is 7.09. The molecule has 1 N–H and O–H groups in total. The van der Waals surface area contributed by atoms with E-state index >= 15 is 0 Å². The number of amides is 1. The highest BCUT2D eigenvalue weighted by Crippen LogP contribution is 2.31. The van der Waals surface area contributed by atoms with Crippen LogP contribution >= 0.6 is 34.5 Å². The summed E-state index contributed by atoms with van der Waals surface area (Å²) in [6, 6.07) is 1.56. The Hall–Kier alpha value is -0.620. The Balaban J connectivity index is 2.67. The lowest BCUT2D eigenvalue weighted by Crippen LogP contribution is -2.38. The van der Waals surface area contributed by atoms with Crippen LogP contribution in [0.3, 0.4) is 0 Å². The molecule has 0 unspecified atom stereocenters. The number of hydrogen-bond donors (Lipinski definition) is 1. The summed E-state index contributed by atoms with van der Waals surface area (Å²) in [7, 11) is 1.56. The highest BCUT2D eigenvalue weighted by molar-refractivity contribution is 7.20. The molecule has 1 aromatic heterocycles. The van der Waals surface area contributed by atoms with Crippen molar-refractivity contribution in [1.82, 2.24) is 10.2 Å². The lowest BCUT2D eigenvalue weighted by Gasteiger charge is -2.18. The van der Waals surface area contributed by atoms with Crippen LogP contribution in [0.25, 0.3) is 0 Å². The molecule has 0 atom stereocenters. The second-order valence-corrected chi connectivity index (χ2v) is 5.92. The van der Waals surface area contributed by atoms with Gasteiger partial charge in [0.15, 0.2) is 5.78 Å². The molecule has 0 bridgehead atoms. The van der Waals surface area contributed by atoms with Gasteiger partial charge in [0.2, 0.25) is 5.91 Å². The summed E-state index contributed by atoms with van der Waals surface area (Å²) in [5, 5.41) is 2.52. The monoisotopic (exact) mass is 308 g/mol. The Morgan fingerprint density at radius 1 is 1.39 bits per heavy atom. The summed E-state index contributed by atoms with van der Waals surface area (Å²) in [6.07, 6.45) is 0. The third-order valence-corrected chi connectivity index (χ3v) is 3.91. The van der Waals surface area contributed by atoms with E-state index in [2.05, 4.69) is 5.32 Å². The topological polar surface area (TPSA) is 49.4 Å². The van der Waals surface area contributed by atoms with Gasteiger partial charge >= 0.3 is 0 Å². The number of likely N-dealkylation sites (N-methyl/N-ethyl adjacent to an activating group) is 2. The number of rotatable bonds is 6. The molecule has 0 aliphatic carbocycles. The van der Waals surface area contributed by atoms with E-state index in [4.69, 9.17) is 23.2 Å². The minimum Gasteiger partial charge on any atom is -0.358 e. The van der Waals surface area contributed by atoms with Crippen molar-refractivity contribution in [1.29, 1.82) is 0 Å². The normalized spacial score (nSPS) is 10.7. The van der Waals surface area contributed by atoms with Gasteiger partial charge in [-0.15, -0.1) is 11.3 Å². The fourth-order valence-electron chi connectivity index (χ4n) is 1.38. The van der Waals surface area contributed by atoms with Crippen LogP contribution in [0.4, 0.5) is 0 Å². The molecule has 1 amide bonds. The van der Waals surface area contributed by atoms with Crippen LogP contribution in [0.1, 0.15) is 17.3 Å². The summed E-state index contributed by atoms with van der Waals surface area (Å²) in [4.78, 5) is 25.0. The predicted octanol–water partition coefficient (Wildman–Crippen LogP) is 2.31. The molecule has 100 valence electrons. The quantitative estimate of drug-likeness (QED) is 0.820. The van der Waals surface area contributed by atoms with Gasteiger partial charge < -0.3 is 5.32 Å². The van der Waals surface area contributed by atoms with Crippen LogP contribution in [-0.4, -0.2) is 43.3 Å². The number of nitrogens with zero attached hydrogens (tertiary/aromatic N) is 1. The number of nitrogens with one attached hydrogen (secondary N) is 1. The van der Waals surface area contributed by atoms with Crippen LogP contribution < -0.4 is 5.32 Å². The number of thiophene rings is 1. The zero-order chi connectivity index (χ0) is 13.7. The maximum atomic E-state index is 12.0. The molecule has 1 aromatic rings. The molecular weight excluding hydrogens is 295 g/mol. The van der Waals surface area contributed by atoms with E-state index in [1.807, 2.05) is 6.92 Å². The standard InChI is InChI=1S/C11H14Cl2N2O2S/c1-3-15(6-10(17)14-2)5-8(16)7-4-9(12)18-11(7)13/h4H,3,5-6H2,1-2H3,(H,14,17). The Bertz CT molecular complexity index is 448. The van der Waals surface area contributed by atoms with Crippen molar-refractivity contribution in [3.8, 4) is 0 Å². The van der Waals surface area contributed by atoms with Crippen LogP contribution in [0.15, 0.2) is 6.07 Å². The Kier molecular flexibility index (Phi) is 6.08. The van der Waals surface area contributed by atoms with Gasteiger partial charge in [0.1, 0.15) is 4.34 Å². The Morgan fingerprint density at radius 2 is 2.06 bits per heavy atom. The van der Waals surface area contributed by atoms with Gasteiger partial charge in [-0.1, -0.05) is 30.1 Å². The third kappa shape index (κ3) is 4.24. The van der Waals surface area contributed by atoms with Gasteiger partial charge in [-0.2, -0.15) is 0 Å². The van der Waals surface area contributed by atoms with E-state index in [0.29, 0.717) is 20.8 Å².